The summed E-state index contributed by atoms with van der Waals surface area (Å²) >= 11 is 1.38. The van der Waals surface area contributed by atoms with Crippen molar-refractivity contribution in [3.63, 3.8) is 0 Å². The summed E-state index contributed by atoms with van der Waals surface area (Å²) in [5.74, 6) is -0.167. The average molecular weight is 405 g/mol. The normalized spacial score (nSPS) is 11.0. The average Bonchev–Trinajstić information content (AvgIpc) is 3.17. The summed E-state index contributed by atoms with van der Waals surface area (Å²) in [4.78, 5) is 31.0. The van der Waals surface area contributed by atoms with Gasteiger partial charge in [0.25, 0.3) is 0 Å². The highest BCUT2D eigenvalue weighted by atomic mass is 32.1. The summed E-state index contributed by atoms with van der Waals surface area (Å²) in [6.45, 7) is 7.58. The van der Waals surface area contributed by atoms with Gasteiger partial charge in [0.1, 0.15) is 0 Å². The fraction of sp³-hybridized carbons (Fsp3) is 0.208. The van der Waals surface area contributed by atoms with Crippen molar-refractivity contribution < 1.29 is 9.59 Å². The molecule has 0 fully saturated rings. The molecule has 0 aliphatic rings. The Kier molecular flexibility index (Phi) is 6.39. The van der Waals surface area contributed by atoms with Crippen molar-refractivity contribution in [3.05, 3.63) is 81.9 Å². The molecule has 0 radical (unpaired) electrons. The first-order valence-electron chi connectivity index (χ1n) is 9.54. The van der Waals surface area contributed by atoms with Gasteiger partial charge in [0.2, 0.25) is 5.91 Å². The van der Waals surface area contributed by atoms with Crippen LogP contribution in [0.4, 0.5) is 10.8 Å². The molecule has 4 nitrogen and oxygen atoms in total. The number of hydrogen-bond acceptors (Lipinski definition) is 4. The number of benzene rings is 2. The van der Waals surface area contributed by atoms with E-state index < -0.39 is 0 Å². The number of rotatable bonds is 6. The highest BCUT2D eigenvalue weighted by Gasteiger charge is 2.21. The Balaban J connectivity index is 1.84. The number of carbonyl (C=O) groups is 2. The van der Waals surface area contributed by atoms with E-state index >= 15 is 0 Å². The lowest BCUT2D eigenvalue weighted by Crippen LogP contribution is -2.24. The van der Waals surface area contributed by atoms with Crippen molar-refractivity contribution in [3.8, 4) is 0 Å². The first kappa shape index (κ1) is 20.7. The Morgan fingerprint density at radius 1 is 1.07 bits per heavy atom. The third kappa shape index (κ3) is 4.69. The standard InChI is InChI=1S/C24H24N2O2S/c1-5-19-9-11-20(12-10-19)22(28)14-13-21-15-29-24(25-21)26(18(4)27)23-16(2)7-6-8-17(23)3/h6-15H,5H2,1-4H3/b14-13+. The zero-order valence-corrected chi connectivity index (χ0v) is 17.9. The molecule has 5 heteroatoms. The molecule has 3 rings (SSSR count). The molecule has 29 heavy (non-hydrogen) atoms. The van der Waals surface area contributed by atoms with E-state index in [4.69, 9.17) is 0 Å². The number of para-hydroxylation sites is 1. The number of nitrogens with zero attached hydrogens (tertiary/aromatic N) is 2. The highest BCUT2D eigenvalue weighted by molar-refractivity contribution is 7.14. The van der Waals surface area contributed by atoms with Gasteiger partial charge < -0.3 is 0 Å². The topological polar surface area (TPSA) is 50.3 Å². The van der Waals surface area contributed by atoms with Gasteiger partial charge in [-0.25, -0.2) is 4.98 Å². The molecular formula is C24H24N2O2S. The molecule has 3 aromatic rings. The number of aromatic nitrogens is 1. The van der Waals surface area contributed by atoms with Crippen LogP contribution in [0.15, 0.2) is 53.9 Å². The third-order valence-electron chi connectivity index (χ3n) is 4.73. The van der Waals surface area contributed by atoms with Gasteiger partial charge in [-0.15, -0.1) is 11.3 Å². The number of ketones is 1. The minimum atomic E-state index is -0.0978. The molecule has 0 spiro atoms. The van der Waals surface area contributed by atoms with Gasteiger partial charge in [-0.05, 0) is 49.1 Å². The minimum absolute atomic E-state index is 0.0691. The van der Waals surface area contributed by atoms with Crippen LogP contribution in [0.2, 0.25) is 0 Å². The van der Waals surface area contributed by atoms with Crippen LogP contribution in [0.3, 0.4) is 0 Å². The zero-order valence-electron chi connectivity index (χ0n) is 17.1. The molecule has 2 aromatic carbocycles. The van der Waals surface area contributed by atoms with Crippen molar-refractivity contribution in [2.24, 2.45) is 0 Å². The molecule has 1 aromatic heterocycles. The van der Waals surface area contributed by atoms with Crippen molar-refractivity contribution >= 4 is 39.9 Å². The van der Waals surface area contributed by atoms with Gasteiger partial charge in [0.15, 0.2) is 10.9 Å². The molecular weight excluding hydrogens is 380 g/mol. The van der Waals surface area contributed by atoms with Gasteiger partial charge in [-0.2, -0.15) is 0 Å². The molecule has 0 unspecified atom stereocenters. The van der Waals surface area contributed by atoms with Gasteiger partial charge in [-0.1, -0.05) is 49.4 Å². The number of carbonyl (C=O) groups excluding carboxylic acids is 2. The molecule has 1 amide bonds. The van der Waals surface area contributed by atoms with Crippen LogP contribution in [0.1, 0.15) is 46.6 Å². The minimum Gasteiger partial charge on any atom is -0.289 e. The molecule has 0 aliphatic heterocycles. The zero-order chi connectivity index (χ0) is 21.0. The van der Waals surface area contributed by atoms with E-state index in [1.165, 1.54) is 29.9 Å². The molecule has 1 heterocycles. The van der Waals surface area contributed by atoms with Gasteiger partial charge in [0, 0.05) is 17.9 Å². The Bertz CT molecular complexity index is 1040. The number of hydrogen-bond donors (Lipinski definition) is 0. The second kappa shape index (κ2) is 8.97. The summed E-state index contributed by atoms with van der Waals surface area (Å²) < 4.78 is 0. The molecule has 0 N–H and O–H groups in total. The van der Waals surface area contributed by atoms with Crippen molar-refractivity contribution in [2.45, 2.75) is 34.1 Å². The quantitative estimate of drug-likeness (QED) is 0.379. The van der Waals surface area contributed by atoms with E-state index in [0.717, 1.165) is 23.2 Å². The number of aryl methyl sites for hydroxylation is 3. The highest BCUT2D eigenvalue weighted by Crippen LogP contribution is 2.33. The lowest BCUT2D eigenvalue weighted by Gasteiger charge is -2.22. The van der Waals surface area contributed by atoms with Crippen LogP contribution in [-0.2, 0) is 11.2 Å². The van der Waals surface area contributed by atoms with E-state index in [-0.39, 0.29) is 11.7 Å². The summed E-state index contributed by atoms with van der Waals surface area (Å²) in [7, 11) is 0. The predicted molar refractivity (Wildman–Crippen MR) is 120 cm³/mol. The fourth-order valence-electron chi connectivity index (χ4n) is 3.16. The van der Waals surface area contributed by atoms with E-state index in [1.54, 1.807) is 11.0 Å². The maximum Gasteiger partial charge on any atom is 0.230 e. The van der Waals surface area contributed by atoms with Crippen LogP contribution in [0, 0.1) is 13.8 Å². The number of allylic oxidation sites excluding steroid dienone is 1. The van der Waals surface area contributed by atoms with Crippen molar-refractivity contribution in [1.82, 2.24) is 4.98 Å². The van der Waals surface area contributed by atoms with E-state index in [0.29, 0.717) is 16.4 Å². The third-order valence-corrected chi connectivity index (χ3v) is 5.58. The second-order valence-electron chi connectivity index (χ2n) is 6.90. The number of thiazole rings is 1. The fourth-order valence-corrected chi connectivity index (χ4v) is 4.00. The first-order valence-corrected chi connectivity index (χ1v) is 10.4. The Morgan fingerprint density at radius 3 is 2.31 bits per heavy atom. The van der Waals surface area contributed by atoms with E-state index in [1.807, 2.05) is 61.7 Å². The SMILES string of the molecule is CCc1ccc(C(=O)/C=C/c2csc(N(C(C)=O)c3c(C)cccc3C)n2)cc1. The smallest absolute Gasteiger partial charge is 0.230 e. The van der Waals surface area contributed by atoms with E-state index in [2.05, 4.69) is 11.9 Å². The second-order valence-corrected chi connectivity index (χ2v) is 7.73. The van der Waals surface area contributed by atoms with Crippen LogP contribution >= 0.6 is 11.3 Å². The first-order chi connectivity index (χ1) is 13.9. The summed E-state index contributed by atoms with van der Waals surface area (Å²) in [6, 6.07) is 13.6. The maximum absolute atomic E-state index is 12.4. The number of anilines is 2. The molecule has 148 valence electrons. The maximum atomic E-state index is 12.4. The monoisotopic (exact) mass is 404 g/mol. The lowest BCUT2D eigenvalue weighted by atomic mass is 10.1. The van der Waals surface area contributed by atoms with Crippen molar-refractivity contribution in [2.75, 3.05) is 4.90 Å². The van der Waals surface area contributed by atoms with Gasteiger partial charge >= 0.3 is 0 Å². The molecule has 0 saturated carbocycles. The predicted octanol–water partition coefficient (Wildman–Crippen LogP) is 5.90. The molecule has 0 atom stereocenters. The van der Waals surface area contributed by atoms with Gasteiger partial charge in [-0.3, -0.25) is 14.5 Å². The lowest BCUT2D eigenvalue weighted by molar-refractivity contribution is -0.115. The van der Waals surface area contributed by atoms with Crippen LogP contribution in [0.25, 0.3) is 6.08 Å². The van der Waals surface area contributed by atoms with Gasteiger partial charge in [0.05, 0.1) is 11.4 Å². The van der Waals surface area contributed by atoms with Crippen molar-refractivity contribution in [1.29, 1.82) is 0 Å². The molecule has 0 bridgehead atoms. The summed E-state index contributed by atoms with van der Waals surface area (Å²) in [5, 5.41) is 2.44. The Labute approximate surface area is 175 Å². The summed E-state index contributed by atoms with van der Waals surface area (Å²) in [5.41, 5.74) is 5.38. The molecule has 0 aliphatic carbocycles. The Hall–Kier alpha value is -3.05. The van der Waals surface area contributed by atoms with Crippen LogP contribution in [0.5, 0.6) is 0 Å². The van der Waals surface area contributed by atoms with Crippen LogP contribution < -0.4 is 4.90 Å². The number of amides is 1. The summed E-state index contributed by atoms with van der Waals surface area (Å²) in [6.07, 6.45) is 4.16. The van der Waals surface area contributed by atoms with E-state index in [9.17, 15) is 9.59 Å². The van der Waals surface area contributed by atoms with Crippen LogP contribution in [-0.4, -0.2) is 16.7 Å². The molecule has 0 saturated heterocycles. The largest absolute Gasteiger partial charge is 0.289 e. The Morgan fingerprint density at radius 2 is 1.72 bits per heavy atom.